The molecule has 0 radical (unpaired) electrons. The predicted molar refractivity (Wildman–Crippen MR) is 58.9 cm³/mol. The van der Waals surface area contributed by atoms with Gasteiger partial charge in [0.1, 0.15) is 0 Å². The largest absolute Gasteiger partial charge is 0.396 e. The Bertz CT molecular complexity index is 374. The van der Waals surface area contributed by atoms with Gasteiger partial charge in [-0.15, -0.1) is 0 Å². The first kappa shape index (κ1) is 11.1. The Balaban J connectivity index is 1.94. The van der Waals surface area contributed by atoms with Crippen molar-refractivity contribution in [2.24, 2.45) is 5.92 Å². The Morgan fingerprint density at radius 1 is 1.56 bits per heavy atom. The number of aliphatic hydroxyl groups is 1. The van der Waals surface area contributed by atoms with Crippen molar-refractivity contribution in [1.82, 2.24) is 15.1 Å². The molecule has 1 aromatic heterocycles. The van der Waals surface area contributed by atoms with E-state index in [2.05, 4.69) is 10.2 Å². The Morgan fingerprint density at radius 3 is 2.75 bits per heavy atom. The summed E-state index contributed by atoms with van der Waals surface area (Å²) in [5.74, 6) is 0.396. The molecule has 5 nitrogen and oxygen atoms in total. The third-order valence-corrected chi connectivity index (χ3v) is 3.18. The fourth-order valence-corrected chi connectivity index (χ4v) is 1.99. The molecule has 1 aliphatic rings. The predicted octanol–water partition coefficient (Wildman–Crippen LogP) is 0.0197. The summed E-state index contributed by atoms with van der Waals surface area (Å²) in [6.07, 6.45) is 0.409. The normalized spacial score (nSPS) is 16.3. The summed E-state index contributed by atoms with van der Waals surface area (Å²) in [6.45, 7) is 5.37. The van der Waals surface area contributed by atoms with Crippen molar-refractivity contribution in [1.29, 1.82) is 0 Å². The Kier molecular flexibility index (Phi) is 2.96. The standard InChI is InChI=1S/C11H17N3O2/c1-7-10(8(2)13-12-7)3-11(16)14-4-9(5-14)6-15/h9,15H,3-6H2,1-2H3,(H,12,13). The highest BCUT2D eigenvalue weighted by molar-refractivity contribution is 5.80. The summed E-state index contributed by atoms with van der Waals surface area (Å²) >= 11 is 0. The molecule has 5 heteroatoms. The zero-order valence-electron chi connectivity index (χ0n) is 9.66. The van der Waals surface area contributed by atoms with Gasteiger partial charge >= 0.3 is 0 Å². The van der Waals surface area contributed by atoms with Gasteiger partial charge in [0, 0.05) is 36.9 Å². The van der Waals surface area contributed by atoms with Gasteiger partial charge in [-0.05, 0) is 13.8 Å². The van der Waals surface area contributed by atoms with E-state index in [4.69, 9.17) is 5.11 Å². The summed E-state index contributed by atoms with van der Waals surface area (Å²) in [4.78, 5) is 13.6. The van der Waals surface area contributed by atoms with E-state index in [1.165, 1.54) is 0 Å². The third kappa shape index (κ3) is 1.95. The second kappa shape index (κ2) is 4.25. The van der Waals surface area contributed by atoms with E-state index in [0.29, 0.717) is 19.5 Å². The van der Waals surface area contributed by atoms with E-state index in [0.717, 1.165) is 17.0 Å². The quantitative estimate of drug-likeness (QED) is 0.759. The van der Waals surface area contributed by atoms with E-state index >= 15 is 0 Å². The first-order valence-corrected chi connectivity index (χ1v) is 5.51. The Labute approximate surface area is 94.5 Å². The van der Waals surface area contributed by atoms with Gasteiger partial charge in [-0.25, -0.2) is 0 Å². The Hall–Kier alpha value is -1.36. The highest BCUT2D eigenvalue weighted by atomic mass is 16.3. The lowest BCUT2D eigenvalue weighted by molar-refractivity contribution is -0.137. The number of aromatic amines is 1. The smallest absolute Gasteiger partial charge is 0.227 e. The van der Waals surface area contributed by atoms with Gasteiger partial charge in [0.25, 0.3) is 0 Å². The molecule has 1 aliphatic heterocycles. The molecule has 2 rings (SSSR count). The number of hydrogen-bond donors (Lipinski definition) is 2. The maximum absolute atomic E-state index is 11.9. The molecule has 88 valence electrons. The zero-order valence-corrected chi connectivity index (χ0v) is 9.66. The molecule has 0 unspecified atom stereocenters. The second-order valence-electron chi connectivity index (χ2n) is 4.44. The van der Waals surface area contributed by atoms with E-state index < -0.39 is 0 Å². The van der Waals surface area contributed by atoms with Gasteiger partial charge in [0.05, 0.1) is 12.1 Å². The summed E-state index contributed by atoms with van der Waals surface area (Å²) in [5.41, 5.74) is 2.85. The molecule has 0 atom stereocenters. The van der Waals surface area contributed by atoms with Crippen LogP contribution >= 0.6 is 0 Å². The average Bonchev–Trinajstić information content (AvgIpc) is 2.48. The first-order chi connectivity index (χ1) is 7.61. The van der Waals surface area contributed by atoms with Crippen LogP contribution in [0, 0.1) is 19.8 Å². The lowest BCUT2D eigenvalue weighted by Gasteiger charge is -2.38. The SMILES string of the molecule is Cc1n[nH]c(C)c1CC(=O)N1CC(CO)C1. The molecule has 2 heterocycles. The molecule has 0 aliphatic carbocycles. The maximum Gasteiger partial charge on any atom is 0.227 e. The van der Waals surface area contributed by atoms with Crippen LogP contribution in [0.3, 0.4) is 0 Å². The minimum Gasteiger partial charge on any atom is -0.396 e. The van der Waals surface area contributed by atoms with Crippen LogP contribution in [-0.2, 0) is 11.2 Å². The minimum atomic E-state index is 0.123. The lowest BCUT2D eigenvalue weighted by atomic mass is 9.99. The van der Waals surface area contributed by atoms with Crippen molar-refractivity contribution >= 4 is 5.91 Å². The summed E-state index contributed by atoms with van der Waals surface area (Å²) in [5, 5.41) is 15.8. The number of nitrogens with one attached hydrogen (secondary N) is 1. The van der Waals surface area contributed by atoms with E-state index in [1.54, 1.807) is 4.90 Å². The minimum absolute atomic E-state index is 0.123. The molecule has 1 amide bonds. The number of likely N-dealkylation sites (tertiary alicyclic amines) is 1. The van der Waals surface area contributed by atoms with Crippen molar-refractivity contribution in [3.63, 3.8) is 0 Å². The Morgan fingerprint density at radius 2 is 2.25 bits per heavy atom. The number of aromatic nitrogens is 2. The molecule has 0 aromatic carbocycles. The summed E-state index contributed by atoms with van der Waals surface area (Å²) in [7, 11) is 0. The molecule has 0 saturated carbocycles. The number of amides is 1. The molecule has 0 spiro atoms. The molecule has 1 saturated heterocycles. The van der Waals surface area contributed by atoms with Crippen molar-refractivity contribution in [2.45, 2.75) is 20.3 Å². The van der Waals surface area contributed by atoms with Crippen LogP contribution in [0.15, 0.2) is 0 Å². The zero-order chi connectivity index (χ0) is 11.7. The van der Waals surface area contributed by atoms with Crippen molar-refractivity contribution in [2.75, 3.05) is 19.7 Å². The average molecular weight is 223 g/mol. The first-order valence-electron chi connectivity index (χ1n) is 5.51. The van der Waals surface area contributed by atoms with Crippen molar-refractivity contribution in [3.05, 3.63) is 17.0 Å². The monoisotopic (exact) mass is 223 g/mol. The number of carbonyl (C=O) groups is 1. The molecule has 0 bridgehead atoms. The van der Waals surface area contributed by atoms with Crippen LogP contribution < -0.4 is 0 Å². The van der Waals surface area contributed by atoms with Crippen LogP contribution in [0.25, 0.3) is 0 Å². The number of aryl methyl sites for hydroxylation is 2. The number of nitrogens with zero attached hydrogens (tertiary/aromatic N) is 2. The van der Waals surface area contributed by atoms with Crippen LogP contribution in [0.4, 0.5) is 0 Å². The van der Waals surface area contributed by atoms with E-state index in [-0.39, 0.29) is 18.4 Å². The summed E-state index contributed by atoms with van der Waals surface area (Å²) < 4.78 is 0. The molecular weight excluding hydrogens is 206 g/mol. The fourth-order valence-electron chi connectivity index (χ4n) is 1.99. The van der Waals surface area contributed by atoms with Crippen LogP contribution in [0.1, 0.15) is 17.0 Å². The van der Waals surface area contributed by atoms with Gasteiger partial charge in [0.15, 0.2) is 0 Å². The second-order valence-corrected chi connectivity index (χ2v) is 4.44. The maximum atomic E-state index is 11.9. The van der Waals surface area contributed by atoms with Crippen molar-refractivity contribution in [3.8, 4) is 0 Å². The molecule has 1 aromatic rings. The van der Waals surface area contributed by atoms with Gasteiger partial charge in [-0.2, -0.15) is 5.10 Å². The molecule has 16 heavy (non-hydrogen) atoms. The van der Waals surface area contributed by atoms with Crippen LogP contribution in [0.2, 0.25) is 0 Å². The van der Waals surface area contributed by atoms with Crippen LogP contribution in [0.5, 0.6) is 0 Å². The van der Waals surface area contributed by atoms with Gasteiger partial charge < -0.3 is 10.0 Å². The number of rotatable bonds is 3. The van der Waals surface area contributed by atoms with Gasteiger partial charge in [-0.1, -0.05) is 0 Å². The lowest BCUT2D eigenvalue weighted by Crippen LogP contribution is -2.51. The van der Waals surface area contributed by atoms with E-state index in [1.807, 2.05) is 13.8 Å². The van der Waals surface area contributed by atoms with E-state index in [9.17, 15) is 4.79 Å². The van der Waals surface area contributed by atoms with Gasteiger partial charge in [0.2, 0.25) is 5.91 Å². The highest BCUT2D eigenvalue weighted by Crippen LogP contribution is 2.18. The molecular formula is C11H17N3O2. The number of hydrogen-bond acceptors (Lipinski definition) is 3. The molecule has 1 fully saturated rings. The van der Waals surface area contributed by atoms with Crippen LogP contribution in [-0.4, -0.2) is 45.8 Å². The highest BCUT2D eigenvalue weighted by Gasteiger charge is 2.30. The molecule has 2 N–H and O–H groups in total. The number of aliphatic hydroxyl groups excluding tert-OH is 1. The number of carbonyl (C=O) groups excluding carboxylic acids is 1. The van der Waals surface area contributed by atoms with Crippen molar-refractivity contribution < 1.29 is 9.90 Å². The summed E-state index contributed by atoms with van der Waals surface area (Å²) in [6, 6.07) is 0. The topological polar surface area (TPSA) is 69.2 Å². The number of H-pyrrole nitrogens is 1. The third-order valence-electron chi connectivity index (χ3n) is 3.18. The fraction of sp³-hybridized carbons (Fsp3) is 0.636. The van der Waals surface area contributed by atoms with Gasteiger partial charge in [-0.3, -0.25) is 9.89 Å².